The van der Waals surface area contributed by atoms with Gasteiger partial charge in [0.1, 0.15) is 15.8 Å². The van der Waals surface area contributed by atoms with Gasteiger partial charge in [0.2, 0.25) is 0 Å². The van der Waals surface area contributed by atoms with Gasteiger partial charge in [-0.15, -0.1) is 10.2 Å². The quantitative estimate of drug-likeness (QED) is 0.934. The van der Waals surface area contributed by atoms with Crippen LogP contribution in [0.3, 0.4) is 0 Å². The molecule has 1 N–H and O–H groups in total. The highest BCUT2D eigenvalue weighted by atomic mass is 35.5. The summed E-state index contributed by atoms with van der Waals surface area (Å²) in [6.45, 7) is 4.80. The van der Waals surface area contributed by atoms with E-state index in [2.05, 4.69) is 29.4 Å². The first-order valence-electron chi connectivity index (χ1n) is 5.57. The van der Waals surface area contributed by atoms with Crippen molar-refractivity contribution in [3.63, 3.8) is 0 Å². The van der Waals surface area contributed by atoms with Crippen molar-refractivity contribution in [3.05, 3.63) is 34.0 Å². The molecule has 0 spiro atoms. The van der Waals surface area contributed by atoms with Crippen molar-refractivity contribution in [1.29, 1.82) is 0 Å². The van der Waals surface area contributed by atoms with E-state index in [1.54, 1.807) is 6.07 Å². The molecule has 0 radical (unpaired) electrons. The van der Waals surface area contributed by atoms with E-state index in [1.807, 2.05) is 0 Å². The van der Waals surface area contributed by atoms with Gasteiger partial charge in [-0.1, -0.05) is 42.9 Å². The zero-order valence-corrected chi connectivity index (χ0v) is 11.6. The Bertz CT molecular complexity index is 542. The molecule has 2 rings (SSSR count). The third-order valence-electron chi connectivity index (χ3n) is 2.29. The molecule has 6 heteroatoms. The van der Waals surface area contributed by atoms with Gasteiger partial charge in [0.05, 0.1) is 5.02 Å². The molecule has 0 saturated heterocycles. The molecular formula is C12H13ClFN3S. The molecule has 0 aliphatic rings. The minimum Gasteiger partial charge on any atom is -0.308 e. The van der Waals surface area contributed by atoms with E-state index in [9.17, 15) is 4.39 Å². The number of nitrogens with zero attached hydrogens (tertiary/aromatic N) is 2. The van der Waals surface area contributed by atoms with Crippen molar-refractivity contribution < 1.29 is 4.39 Å². The predicted octanol–water partition coefficient (Wildman–Crippen LogP) is 3.50. The monoisotopic (exact) mass is 285 g/mol. The number of nitrogens with one attached hydrogen (secondary N) is 1. The minimum absolute atomic E-state index is 0.116. The van der Waals surface area contributed by atoms with Crippen molar-refractivity contribution in [1.82, 2.24) is 15.5 Å². The molecule has 3 nitrogen and oxygen atoms in total. The van der Waals surface area contributed by atoms with E-state index in [4.69, 9.17) is 11.6 Å². The van der Waals surface area contributed by atoms with E-state index in [0.29, 0.717) is 23.2 Å². The molecule has 0 saturated carbocycles. The Labute approximate surface area is 114 Å². The Balaban J connectivity index is 2.16. The Morgan fingerprint density at radius 1 is 1.39 bits per heavy atom. The fourth-order valence-electron chi connectivity index (χ4n) is 1.36. The largest absolute Gasteiger partial charge is 0.308 e. The van der Waals surface area contributed by atoms with Crippen LogP contribution in [-0.4, -0.2) is 16.2 Å². The molecule has 1 heterocycles. The van der Waals surface area contributed by atoms with Crippen LogP contribution in [0.4, 0.5) is 4.39 Å². The average molecular weight is 286 g/mol. The first-order valence-corrected chi connectivity index (χ1v) is 6.77. The van der Waals surface area contributed by atoms with Crippen molar-refractivity contribution in [2.45, 2.75) is 26.4 Å². The highest BCUT2D eigenvalue weighted by Crippen LogP contribution is 2.26. The summed E-state index contributed by atoms with van der Waals surface area (Å²) in [7, 11) is 0. The lowest BCUT2D eigenvalue weighted by atomic mass is 10.2. The molecule has 96 valence electrons. The smallest absolute Gasteiger partial charge is 0.147 e. The second-order valence-corrected chi connectivity index (χ2v) is 5.63. The van der Waals surface area contributed by atoms with E-state index in [0.717, 1.165) is 5.01 Å². The fourth-order valence-corrected chi connectivity index (χ4v) is 2.27. The third-order valence-corrected chi connectivity index (χ3v) is 3.57. The lowest BCUT2D eigenvalue weighted by molar-refractivity contribution is 0.585. The summed E-state index contributed by atoms with van der Waals surface area (Å²) in [5.74, 6) is -0.439. The molecular weight excluding hydrogens is 273 g/mol. The second-order valence-electron chi connectivity index (χ2n) is 4.17. The van der Waals surface area contributed by atoms with Gasteiger partial charge < -0.3 is 5.32 Å². The lowest BCUT2D eigenvalue weighted by Crippen LogP contribution is -2.21. The van der Waals surface area contributed by atoms with E-state index >= 15 is 0 Å². The average Bonchev–Trinajstić information content (AvgIpc) is 2.79. The van der Waals surface area contributed by atoms with Gasteiger partial charge in [-0.25, -0.2) is 4.39 Å². The first-order chi connectivity index (χ1) is 8.56. The van der Waals surface area contributed by atoms with Gasteiger partial charge in [0, 0.05) is 18.2 Å². The molecule has 0 fully saturated rings. The van der Waals surface area contributed by atoms with Crippen LogP contribution in [-0.2, 0) is 6.54 Å². The minimum atomic E-state index is -0.439. The zero-order chi connectivity index (χ0) is 13.1. The molecule has 1 aromatic heterocycles. The van der Waals surface area contributed by atoms with E-state index in [-0.39, 0.29) is 5.02 Å². The Kier molecular flexibility index (Phi) is 4.27. The number of halogens is 2. The topological polar surface area (TPSA) is 37.8 Å². The van der Waals surface area contributed by atoms with Gasteiger partial charge in [0.25, 0.3) is 0 Å². The second kappa shape index (κ2) is 5.73. The fraction of sp³-hybridized carbons (Fsp3) is 0.333. The molecule has 1 aromatic carbocycles. The number of rotatable bonds is 4. The van der Waals surface area contributed by atoms with E-state index in [1.165, 1.54) is 23.5 Å². The van der Waals surface area contributed by atoms with Crippen molar-refractivity contribution >= 4 is 22.9 Å². The number of hydrogen-bond donors (Lipinski definition) is 1. The van der Waals surface area contributed by atoms with Gasteiger partial charge in [0.15, 0.2) is 0 Å². The van der Waals surface area contributed by atoms with Crippen LogP contribution in [0.15, 0.2) is 18.2 Å². The molecule has 0 aliphatic heterocycles. The molecule has 0 atom stereocenters. The lowest BCUT2D eigenvalue weighted by Gasteiger charge is -2.03. The molecule has 0 amide bonds. The maximum Gasteiger partial charge on any atom is 0.147 e. The van der Waals surface area contributed by atoms with Crippen LogP contribution < -0.4 is 5.32 Å². The summed E-state index contributed by atoms with van der Waals surface area (Å²) in [4.78, 5) is 0. The predicted molar refractivity (Wildman–Crippen MR) is 72.3 cm³/mol. The highest BCUT2D eigenvalue weighted by molar-refractivity contribution is 7.14. The maximum atomic E-state index is 13.3. The Hall–Kier alpha value is -1.04. The summed E-state index contributed by atoms with van der Waals surface area (Å²) < 4.78 is 13.3. The van der Waals surface area contributed by atoms with Crippen molar-refractivity contribution in [2.75, 3.05) is 0 Å². The van der Waals surface area contributed by atoms with Crippen LogP contribution in [0.2, 0.25) is 5.02 Å². The van der Waals surface area contributed by atoms with E-state index < -0.39 is 5.82 Å². The Morgan fingerprint density at radius 3 is 2.83 bits per heavy atom. The summed E-state index contributed by atoms with van der Waals surface area (Å²) in [5, 5.41) is 13.1. The maximum absolute atomic E-state index is 13.3. The normalized spacial score (nSPS) is 11.2. The number of aromatic nitrogens is 2. The number of benzene rings is 1. The zero-order valence-electron chi connectivity index (χ0n) is 10.1. The van der Waals surface area contributed by atoms with Gasteiger partial charge in [-0.3, -0.25) is 0 Å². The molecule has 18 heavy (non-hydrogen) atoms. The Morgan fingerprint density at radius 2 is 2.17 bits per heavy atom. The standard InChI is InChI=1S/C12H13ClFN3S/c1-7(2)15-6-11-16-17-12(18-11)8-3-4-9(13)10(14)5-8/h3-5,7,15H,6H2,1-2H3. The third kappa shape index (κ3) is 3.25. The van der Waals surface area contributed by atoms with Gasteiger partial charge >= 0.3 is 0 Å². The van der Waals surface area contributed by atoms with Crippen LogP contribution in [0.25, 0.3) is 10.6 Å². The van der Waals surface area contributed by atoms with Crippen LogP contribution >= 0.6 is 22.9 Å². The number of hydrogen-bond acceptors (Lipinski definition) is 4. The van der Waals surface area contributed by atoms with Crippen molar-refractivity contribution in [2.24, 2.45) is 0 Å². The molecule has 2 aromatic rings. The van der Waals surface area contributed by atoms with Gasteiger partial charge in [-0.2, -0.15) is 0 Å². The first kappa shape index (κ1) is 13.4. The van der Waals surface area contributed by atoms with Crippen LogP contribution in [0, 0.1) is 5.82 Å². The van der Waals surface area contributed by atoms with Crippen LogP contribution in [0.1, 0.15) is 18.9 Å². The highest BCUT2D eigenvalue weighted by Gasteiger charge is 2.09. The summed E-state index contributed by atoms with van der Waals surface area (Å²) >= 11 is 7.09. The summed E-state index contributed by atoms with van der Waals surface area (Å²) in [6.07, 6.45) is 0. The SMILES string of the molecule is CC(C)NCc1nnc(-c2ccc(Cl)c(F)c2)s1. The summed E-state index contributed by atoms with van der Waals surface area (Å²) in [6, 6.07) is 5.04. The molecule has 0 bridgehead atoms. The van der Waals surface area contributed by atoms with Crippen LogP contribution in [0.5, 0.6) is 0 Å². The van der Waals surface area contributed by atoms with Gasteiger partial charge in [-0.05, 0) is 12.1 Å². The summed E-state index contributed by atoms with van der Waals surface area (Å²) in [5.41, 5.74) is 0.699. The molecule has 0 aliphatic carbocycles. The van der Waals surface area contributed by atoms with Crippen molar-refractivity contribution in [3.8, 4) is 10.6 Å². The molecule has 0 unspecified atom stereocenters.